The van der Waals surface area contributed by atoms with Crippen LogP contribution in [0, 0.1) is 0 Å². The van der Waals surface area contributed by atoms with E-state index in [9.17, 15) is 35.9 Å². The van der Waals surface area contributed by atoms with E-state index in [2.05, 4.69) is 15.8 Å². The highest BCUT2D eigenvalue weighted by Gasteiger charge is 2.62. The molecule has 0 spiro atoms. The van der Waals surface area contributed by atoms with Crippen molar-refractivity contribution < 1.29 is 40.8 Å². The molecule has 0 fully saturated rings. The van der Waals surface area contributed by atoms with E-state index in [1.54, 1.807) is 6.92 Å². The van der Waals surface area contributed by atoms with Gasteiger partial charge < -0.3 is 15.5 Å². The second-order valence-corrected chi connectivity index (χ2v) is 8.45. The molecule has 0 aliphatic carbocycles. The predicted octanol–water partition coefficient (Wildman–Crippen LogP) is 5.46. The molecule has 0 bridgehead atoms. The van der Waals surface area contributed by atoms with Gasteiger partial charge in [-0.1, -0.05) is 40.5 Å². The molecule has 0 aromatic heterocycles. The second-order valence-electron chi connectivity index (χ2n) is 7.66. The van der Waals surface area contributed by atoms with Crippen molar-refractivity contribution in [3.05, 3.63) is 68.7 Å². The lowest BCUT2D eigenvalue weighted by molar-refractivity contribution is -0.276. The Bertz CT molecular complexity index is 1200. The van der Waals surface area contributed by atoms with Crippen molar-refractivity contribution >= 4 is 40.7 Å². The molecular formula is C22H17Cl2F6N3O3. The van der Waals surface area contributed by atoms with E-state index in [1.807, 2.05) is 0 Å². The van der Waals surface area contributed by atoms with Gasteiger partial charge in [0, 0.05) is 24.1 Å². The summed E-state index contributed by atoms with van der Waals surface area (Å²) >= 11 is 11.3. The molecule has 2 aromatic rings. The van der Waals surface area contributed by atoms with Gasteiger partial charge in [0.25, 0.3) is 11.5 Å². The van der Waals surface area contributed by atoms with E-state index in [0.29, 0.717) is 12.6 Å². The third-order valence-electron chi connectivity index (χ3n) is 5.25. The third kappa shape index (κ3) is 5.54. The van der Waals surface area contributed by atoms with Crippen LogP contribution in [0.3, 0.4) is 0 Å². The summed E-state index contributed by atoms with van der Waals surface area (Å²) in [5, 5.41) is 6.70. The summed E-state index contributed by atoms with van der Waals surface area (Å²) in [6, 6.07) is 6.08. The summed E-state index contributed by atoms with van der Waals surface area (Å²) in [5.74, 6) is -1.00. The van der Waals surface area contributed by atoms with Gasteiger partial charge in [-0.15, -0.1) is 0 Å². The van der Waals surface area contributed by atoms with Crippen LogP contribution < -0.4 is 10.6 Å². The number of benzene rings is 2. The maximum absolute atomic E-state index is 14.2. The Labute approximate surface area is 210 Å². The summed E-state index contributed by atoms with van der Waals surface area (Å²) in [6.45, 7) is 1.82. The lowest BCUT2D eigenvalue weighted by Crippen LogP contribution is -2.43. The molecule has 194 valence electrons. The maximum Gasteiger partial charge on any atom is 0.435 e. The van der Waals surface area contributed by atoms with Crippen LogP contribution in [0.4, 0.5) is 26.3 Å². The van der Waals surface area contributed by atoms with Crippen LogP contribution in [0.25, 0.3) is 0 Å². The van der Waals surface area contributed by atoms with Gasteiger partial charge in [-0.25, -0.2) is 0 Å². The molecule has 2 aromatic carbocycles. The zero-order chi connectivity index (χ0) is 26.9. The van der Waals surface area contributed by atoms with Gasteiger partial charge in [-0.05, 0) is 36.8 Å². The Morgan fingerprint density at radius 1 is 1.06 bits per heavy atom. The first-order valence-electron chi connectivity index (χ1n) is 10.2. The smallest absolute Gasteiger partial charge is 0.374 e. The summed E-state index contributed by atoms with van der Waals surface area (Å²) < 4.78 is 82.6. The van der Waals surface area contributed by atoms with Crippen LogP contribution in [0.1, 0.15) is 40.4 Å². The molecule has 1 aliphatic heterocycles. The fourth-order valence-corrected chi connectivity index (χ4v) is 3.86. The largest absolute Gasteiger partial charge is 0.435 e. The number of rotatable bonds is 6. The minimum atomic E-state index is -5.18. The van der Waals surface area contributed by atoms with Crippen molar-refractivity contribution in [2.24, 2.45) is 5.16 Å². The van der Waals surface area contributed by atoms with Crippen molar-refractivity contribution in [1.82, 2.24) is 10.6 Å². The van der Waals surface area contributed by atoms with E-state index in [-0.39, 0.29) is 29.4 Å². The average molecular weight is 556 g/mol. The number of carbonyl (C=O) groups excluding carboxylic acids is 2. The molecule has 2 N–H and O–H groups in total. The number of hydrogen-bond acceptors (Lipinski definition) is 4. The highest BCUT2D eigenvalue weighted by molar-refractivity contribution is 6.42. The molecular weight excluding hydrogens is 539 g/mol. The van der Waals surface area contributed by atoms with E-state index < -0.39 is 57.4 Å². The van der Waals surface area contributed by atoms with E-state index >= 15 is 0 Å². The van der Waals surface area contributed by atoms with Crippen molar-refractivity contribution in [3.63, 3.8) is 0 Å². The minimum absolute atomic E-state index is 0.115. The highest BCUT2D eigenvalue weighted by Crippen LogP contribution is 2.51. The molecule has 0 radical (unpaired) electrons. The predicted molar refractivity (Wildman–Crippen MR) is 119 cm³/mol. The van der Waals surface area contributed by atoms with E-state index in [1.165, 1.54) is 24.3 Å². The molecule has 2 amide bonds. The number of likely N-dealkylation sites (N-methyl/N-ethyl adjacent to an activating group) is 1. The lowest BCUT2D eigenvalue weighted by Gasteiger charge is -2.30. The van der Waals surface area contributed by atoms with Gasteiger partial charge >= 0.3 is 12.4 Å². The van der Waals surface area contributed by atoms with Crippen LogP contribution in [0.15, 0.2) is 41.6 Å². The first kappa shape index (κ1) is 27.6. The molecule has 0 saturated carbocycles. The van der Waals surface area contributed by atoms with E-state index in [4.69, 9.17) is 28.0 Å². The maximum atomic E-state index is 14.2. The SMILES string of the molecule is CCNC(=O)CNC(=O)c1ccc(C2=NOC(c3cc(Cl)c(Cl)c(C(F)(F)F)c3)(C(F)(F)F)C2)cc1. The lowest BCUT2D eigenvalue weighted by atomic mass is 9.85. The number of nitrogens with zero attached hydrogens (tertiary/aromatic N) is 1. The monoisotopic (exact) mass is 555 g/mol. The Morgan fingerprint density at radius 3 is 2.25 bits per heavy atom. The van der Waals surface area contributed by atoms with Crippen molar-refractivity contribution in [3.8, 4) is 0 Å². The Hall–Kier alpha value is -2.99. The summed E-state index contributed by atoms with van der Waals surface area (Å²) in [5.41, 5.74) is -5.69. The average Bonchev–Trinajstić information content (AvgIpc) is 3.26. The molecule has 1 unspecified atom stereocenters. The standard InChI is InChI=1S/C22H17Cl2F6N3O3/c1-2-31-17(34)10-32-19(35)12-5-3-11(4-6-12)16-9-20(36-33-16,22(28,29)30)13-7-14(21(25,26)27)18(24)15(23)8-13/h3-8H,2,9-10H2,1H3,(H,31,34)(H,32,35). The number of carbonyl (C=O) groups is 2. The zero-order valence-electron chi connectivity index (χ0n) is 18.3. The molecule has 1 atom stereocenters. The minimum Gasteiger partial charge on any atom is -0.374 e. The number of alkyl halides is 6. The number of nitrogens with one attached hydrogen (secondary N) is 2. The van der Waals surface area contributed by atoms with Gasteiger partial charge in [-0.3, -0.25) is 9.59 Å². The number of amides is 2. The van der Waals surface area contributed by atoms with Gasteiger partial charge in [0.2, 0.25) is 5.91 Å². The first-order chi connectivity index (χ1) is 16.7. The highest BCUT2D eigenvalue weighted by atomic mass is 35.5. The molecule has 14 heteroatoms. The van der Waals surface area contributed by atoms with E-state index in [0.717, 1.165) is 0 Å². The van der Waals surface area contributed by atoms with Gasteiger partial charge in [0.05, 0.1) is 27.9 Å². The van der Waals surface area contributed by atoms with Crippen molar-refractivity contribution in [2.75, 3.05) is 13.1 Å². The Morgan fingerprint density at radius 2 is 1.69 bits per heavy atom. The summed E-state index contributed by atoms with van der Waals surface area (Å²) in [7, 11) is 0. The topological polar surface area (TPSA) is 79.8 Å². The third-order valence-corrected chi connectivity index (χ3v) is 6.05. The first-order valence-corrected chi connectivity index (χ1v) is 11.0. The van der Waals surface area contributed by atoms with Crippen LogP contribution in [-0.2, 0) is 21.4 Å². The quantitative estimate of drug-likeness (QED) is 0.464. The fraction of sp³-hybridized carbons (Fsp3) is 0.318. The van der Waals surface area contributed by atoms with Gasteiger partial charge in [0.15, 0.2) is 0 Å². The zero-order valence-corrected chi connectivity index (χ0v) is 19.8. The summed E-state index contributed by atoms with van der Waals surface area (Å²) in [6.07, 6.45) is -11.2. The number of halogens is 8. The van der Waals surface area contributed by atoms with Crippen LogP contribution >= 0.6 is 23.2 Å². The van der Waals surface area contributed by atoms with Crippen molar-refractivity contribution in [2.45, 2.75) is 31.3 Å². The van der Waals surface area contributed by atoms with Crippen LogP contribution in [0.5, 0.6) is 0 Å². The van der Waals surface area contributed by atoms with Crippen LogP contribution in [0.2, 0.25) is 10.0 Å². The van der Waals surface area contributed by atoms with Gasteiger partial charge in [0.1, 0.15) is 0 Å². The normalized spacial score (nSPS) is 17.9. The molecule has 0 saturated heterocycles. The molecule has 1 aliphatic rings. The molecule has 36 heavy (non-hydrogen) atoms. The molecule has 1 heterocycles. The Balaban J connectivity index is 1.87. The number of hydrogen-bond donors (Lipinski definition) is 2. The van der Waals surface area contributed by atoms with Gasteiger partial charge in [-0.2, -0.15) is 26.3 Å². The summed E-state index contributed by atoms with van der Waals surface area (Å²) in [4.78, 5) is 28.4. The fourth-order valence-electron chi connectivity index (χ4n) is 3.42. The number of oxime groups is 1. The molecule has 6 nitrogen and oxygen atoms in total. The second kappa shape index (κ2) is 10.2. The van der Waals surface area contributed by atoms with Crippen LogP contribution in [-0.4, -0.2) is 36.8 Å². The molecule has 3 rings (SSSR count). The van der Waals surface area contributed by atoms with Crippen molar-refractivity contribution in [1.29, 1.82) is 0 Å². The Kier molecular flexibility index (Phi) is 7.80.